The van der Waals surface area contributed by atoms with Gasteiger partial charge in [0.05, 0.1) is 9.80 Å². The summed E-state index contributed by atoms with van der Waals surface area (Å²) < 4.78 is 33.1. The lowest BCUT2D eigenvalue weighted by molar-refractivity contribution is -0.115. The lowest BCUT2D eigenvalue weighted by Gasteiger charge is -2.10. The molecule has 4 rings (SSSR count). The molecule has 154 valence electrons. The Morgan fingerprint density at radius 2 is 2.03 bits per heavy atom. The summed E-state index contributed by atoms with van der Waals surface area (Å²) in [5, 5.41) is 2.49. The third-order valence-corrected chi connectivity index (χ3v) is 6.98. The lowest BCUT2D eigenvalue weighted by atomic mass is 10.0. The van der Waals surface area contributed by atoms with Crippen LogP contribution in [0.1, 0.15) is 18.2 Å². The molecule has 30 heavy (non-hydrogen) atoms. The zero-order chi connectivity index (χ0) is 21.5. The first-order valence-electron chi connectivity index (χ1n) is 9.01. The molecule has 1 fully saturated rings. The van der Waals surface area contributed by atoms with E-state index < -0.39 is 21.2 Å². The van der Waals surface area contributed by atoms with E-state index in [0.717, 1.165) is 22.7 Å². The average Bonchev–Trinajstić information content (AvgIpc) is 3.23. The van der Waals surface area contributed by atoms with Gasteiger partial charge in [0, 0.05) is 36.0 Å². The van der Waals surface area contributed by atoms with Gasteiger partial charge >= 0.3 is 0 Å². The van der Waals surface area contributed by atoms with E-state index in [0.29, 0.717) is 29.0 Å². The summed E-state index contributed by atoms with van der Waals surface area (Å²) in [7, 11) is -3.57. The molecule has 2 amide bonds. The van der Waals surface area contributed by atoms with Gasteiger partial charge in [-0.05, 0) is 48.0 Å². The van der Waals surface area contributed by atoms with Crippen molar-refractivity contribution in [2.75, 3.05) is 6.54 Å². The summed E-state index contributed by atoms with van der Waals surface area (Å²) in [6, 6.07) is 6.75. The van der Waals surface area contributed by atoms with Crippen molar-refractivity contribution >= 4 is 50.0 Å². The van der Waals surface area contributed by atoms with E-state index in [1.807, 2.05) is 0 Å². The van der Waals surface area contributed by atoms with Gasteiger partial charge in [-0.15, -0.1) is 0 Å². The fraction of sp³-hybridized carbons (Fsp3) is 0.150. The Labute approximate surface area is 176 Å². The van der Waals surface area contributed by atoms with Gasteiger partial charge in [-0.25, -0.2) is 13.1 Å². The molecule has 0 aliphatic carbocycles. The second kappa shape index (κ2) is 7.71. The molecule has 1 aliphatic rings. The van der Waals surface area contributed by atoms with Crippen LogP contribution >= 0.6 is 11.8 Å². The van der Waals surface area contributed by atoms with Crippen LogP contribution in [0.3, 0.4) is 0 Å². The van der Waals surface area contributed by atoms with Crippen LogP contribution in [0, 0.1) is 6.92 Å². The van der Waals surface area contributed by atoms with Gasteiger partial charge in [0.15, 0.2) is 0 Å². The number of nitrogens with zero attached hydrogens (tertiary/aromatic N) is 1. The van der Waals surface area contributed by atoms with E-state index in [1.54, 1.807) is 50.5 Å². The van der Waals surface area contributed by atoms with Crippen molar-refractivity contribution in [3.8, 4) is 11.1 Å². The molecule has 2 N–H and O–H groups in total. The first-order chi connectivity index (χ1) is 14.3. The van der Waals surface area contributed by atoms with Crippen LogP contribution in [0.15, 0.2) is 50.9 Å². The normalized spacial score (nSPS) is 15.9. The summed E-state index contributed by atoms with van der Waals surface area (Å²) >= 11 is 0.812. The second-order valence-electron chi connectivity index (χ2n) is 6.59. The minimum Gasteiger partial charge on any atom is -0.456 e. The number of rotatable bonds is 5. The Morgan fingerprint density at radius 1 is 1.23 bits per heavy atom. The number of aryl methyl sites for hydroxylation is 1. The molecule has 0 atom stereocenters. The maximum atomic E-state index is 12.3. The van der Waals surface area contributed by atoms with E-state index in [4.69, 9.17) is 4.42 Å². The minimum atomic E-state index is -3.57. The van der Waals surface area contributed by atoms with Gasteiger partial charge < -0.3 is 4.42 Å². The van der Waals surface area contributed by atoms with Crippen LogP contribution in [0.5, 0.6) is 0 Å². The largest absolute Gasteiger partial charge is 0.456 e. The maximum Gasteiger partial charge on any atom is 0.290 e. The molecule has 2 aromatic heterocycles. The van der Waals surface area contributed by atoms with Gasteiger partial charge in [-0.1, -0.05) is 13.0 Å². The molecule has 0 spiro atoms. The average molecular weight is 444 g/mol. The topological polar surface area (TPSA) is 118 Å². The molecule has 1 saturated heterocycles. The van der Waals surface area contributed by atoms with Crippen LogP contribution in [0.25, 0.3) is 28.2 Å². The van der Waals surface area contributed by atoms with Crippen molar-refractivity contribution in [1.82, 2.24) is 15.0 Å². The Balaban J connectivity index is 1.76. The van der Waals surface area contributed by atoms with Crippen LogP contribution in [-0.2, 0) is 14.8 Å². The number of sulfonamides is 1. The third-order valence-electron chi connectivity index (χ3n) is 4.47. The highest BCUT2D eigenvalue weighted by atomic mass is 32.2. The Hall–Kier alpha value is -2.95. The highest BCUT2D eigenvalue weighted by Crippen LogP contribution is 2.34. The summed E-state index contributed by atoms with van der Waals surface area (Å²) in [6.07, 6.45) is 4.77. The van der Waals surface area contributed by atoms with Gasteiger partial charge in [-0.2, -0.15) is 0 Å². The summed E-state index contributed by atoms with van der Waals surface area (Å²) in [5.41, 5.74) is 2.58. The number of hydrogen-bond acceptors (Lipinski definition) is 7. The Bertz CT molecular complexity index is 1330. The number of amides is 2. The summed E-state index contributed by atoms with van der Waals surface area (Å²) in [4.78, 5) is 27.8. The molecule has 10 heteroatoms. The number of thioether (sulfide) groups is 1. The Morgan fingerprint density at radius 3 is 2.70 bits per heavy atom. The van der Waals surface area contributed by atoms with Crippen molar-refractivity contribution in [3.63, 3.8) is 0 Å². The highest BCUT2D eigenvalue weighted by Gasteiger charge is 2.25. The van der Waals surface area contributed by atoms with Crippen LogP contribution in [0.4, 0.5) is 4.79 Å². The van der Waals surface area contributed by atoms with Crippen LogP contribution in [0.2, 0.25) is 0 Å². The van der Waals surface area contributed by atoms with Gasteiger partial charge in [0.1, 0.15) is 11.3 Å². The molecule has 1 aliphatic heterocycles. The first kappa shape index (κ1) is 20.3. The smallest absolute Gasteiger partial charge is 0.290 e. The molecule has 3 aromatic rings. The molecule has 8 nitrogen and oxygen atoms in total. The molecule has 0 unspecified atom stereocenters. The number of carbonyl (C=O) groups excluding carboxylic acids is 2. The monoisotopic (exact) mass is 443 g/mol. The zero-order valence-corrected chi connectivity index (χ0v) is 17.7. The van der Waals surface area contributed by atoms with Crippen LogP contribution in [-0.4, -0.2) is 31.1 Å². The second-order valence-corrected chi connectivity index (χ2v) is 9.34. The fourth-order valence-electron chi connectivity index (χ4n) is 3.20. The number of carbonyl (C=O) groups is 2. The predicted molar refractivity (Wildman–Crippen MR) is 114 cm³/mol. The van der Waals surface area contributed by atoms with Crippen molar-refractivity contribution in [2.24, 2.45) is 0 Å². The van der Waals surface area contributed by atoms with Gasteiger partial charge in [0.2, 0.25) is 10.0 Å². The maximum absolute atomic E-state index is 12.3. The lowest BCUT2D eigenvalue weighted by Crippen LogP contribution is -2.23. The van der Waals surface area contributed by atoms with E-state index in [-0.39, 0.29) is 9.80 Å². The SMILES string of the molecule is CCNS(=O)(=O)c1ccc(-c2cncc3cc(/C=C4\SC(=O)NC4=O)oc23)cc1C. The molecule has 3 heterocycles. The van der Waals surface area contributed by atoms with E-state index in [2.05, 4.69) is 15.0 Å². The molecule has 1 aromatic carbocycles. The zero-order valence-electron chi connectivity index (χ0n) is 16.1. The van der Waals surface area contributed by atoms with E-state index >= 15 is 0 Å². The Kier molecular flexibility index (Phi) is 5.22. The van der Waals surface area contributed by atoms with Crippen molar-refractivity contribution in [1.29, 1.82) is 0 Å². The predicted octanol–water partition coefficient (Wildman–Crippen LogP) is 3.43. The minimum absolute atomic E-state index is 0.215. The van der Waals surface area contributed by atoms with Gasteiger partial charge in [0.25, 0.3) is 11.1 Å². The van der Waals surface area contributed by atoms with Crippen molar-refractivity contribution < 1.29 is 22.4 Å². The van der Waals surface area contributed by atoms with Crippen molar-refractivity contribution in [3.05, 3.63) is 52.9 Å². The number of fused-ring (bicyclic) bond motifs is 1. The van der Waals surface area contributed by atoms with Crippen LogP contribution < -0.4 is 10.0 Å². The molecule has 0 radical (unpaired) electrons. The molecular weight excluding hydrogens is 426 g/mol. The molecule has 0 saturated carbocycles. The fourth-order valence-corrected chi connectivity index (χ4v) is 5.12. The van der Waals surface area contributed by atoms with E-state index in [1.165, 1.54) is 6.08 Å². The summed E-state index contributed by atoms with van der Waals surface area (Å²) in [5.74, 6) is -0.0495. The van der Waals surface area contributed by atoms with Crippen molar-refractivity contribution in [2.45, 2.75) is 18.7 Å². The van der Waals surface area contributed by atoms with Gasteiger partial charge in [-0.3, -0.25) is 19.9 Å². The standard InChI is InChI=1S/C20H17N3O5S2/c1-3-22-30(26,27)17-5-4-12(6-11(17)2)15-10-21-9-13-7-14(28-18(13)15)8-16-19(24)23-20(25)29-16/h4-10,22H,3H2,1-2H3,(H,23,24,25)/b16-8-. The third kappa shape index (κ3) is 3.76. The number of pyridine rings is 1. The quantitative estimate of drug-likeness (QED) is 0.580. The molecular formula is C20H17N3O5S2. The first-order valence-corrected chi connectivity index (χ1v) is 11.3. The number of hydrogen-bond donors (Lipinski definition) is 2. The number of furan rings is 1. The van der Waals surface area contributed by atoms with E-state index in [9.17, 15) is 18.0 Å². The highest BCUT2D eigenvalue weighted by molar-refractivity contribution is 8.18. The summed E-state index contributed by atoms with van der Waals surface area (Å²) in [6.45, 7) is 3.76. The molecule has 0 bridgehead atoms. The number of imide groups is 1. The number of aromatic nitrogens is 1. The number of benzene rings is 1. The number of nitrogens with one attached hydrogen (secondary N) is 2.